The summed E-state index contributed by atoms with van der Waals surface area (Å²) in [7, 11) is 4.04. The molecule has 1 fully saturated rings. The number of hydrogen-bond donors (Lipinski definition) is 2. The number of amides is 1. The van der Waals surface area contributed by atoms with Crippen LogP contribution >= 0.6 is 0 Å². The lowest BCUT2D eigenvalue weighted by Gasteiger charge is -2.42. The first-order valence-corrected chi connectivity index (χ1v) is 6.13. The van der Waals surface area contributed by atoms with Crippen LogP contribution in [0.4, 0.5) is 0 Å². The van der Waals surface area contributed by atoms with E-state index in [0.29, 0.717) is 0 Å². The van der Waals surface area contributed by atoms with E-state index in [1.165, 1.54) is 10.5 Å². The topological polar surface area (TPSA) is 33.5 Å². The van der Waals surface area contributed by atoms with Gasteiger partial charge in [0, 0.05) is 19.8 Å². The Kier molecular flexibility index (Phi) is 3.48. The number of nitrogens with one attached hydrogen (secondary N) is 2. The Balaban J connectivity index is 2.27. The molecule has 3 heteroatoms. The highest BCUT2D eigenvalue weighted by atomic mass is 16.1. The average molecular weight is 232 g/mol. The summed E-state index contributed by atoms with van der Waals surface area (Å²) in [6.07, 6.45) is 1.91. The van der Waals surface area contributed by atoms with E-state index in [1.54, 1.807) is 6.92 Å². The molecule has 0 radical (unpaired) electrons. The summed E-state index contributed by atoms with van der Waals surface area (Å²) in [6, 6.07) is 10.3. The third-order valence-corrected chi connectivity index (χ3v) is 3.55. The van der Waals surface area contributed by atoms with Gasteiger partial charge in [0.1, 0.15) is 0 Å². The molecular weight excluding hydrogens is 212 g/mol. The molecule has 1 amide bonds. The number of hydrogen-bond acceptors (Lipinski definition) is 1. The largest absolute Gasteiger partial charge is 0.468 e. The van der Waals surface area contributed by atoms with Crippen LogP contribution in [0.25, 0.3) is 0 Å². The second-order valence-corrected chi connectivity index (χ2v) is 4.88. The number of piperidine rings is 1. The van der Waals surface area contributed by atoms with Gasteiger partial charge in [-0.1, -0.05) is 30.3 Å². The Bertz CT molecular complexity index is 380. The van der Waals surface area contributed by atoms with Crippen molar-refractivity contribution in [1.82, 2.24) is 5.32 Å². The number of rotatable bonds is 2. The molecule has 0 atom stereocenters. The molecule has 1 aromatic rings. The van der Waals surface area contributed by atoms with E-state index in [0.717, 1.165) is 25.9 Å². The Morgan fingerprint density at radius 3 is 2.41 bits per heavy atom. The zero-order valence-electron chi connectivity index (χ0n) is 10.3. The first-order valence-electron chi connectivity index (χ1n) is 6.13. The molecule has 0 spiro atoms. The van der Waals surface area contributed by atoms with E-state index in [-0.39, 0.29) is 11.4 Å². The molecule has 2 N–H and O–H groups in total. The molecule has 0 aliphatic carbocycles. The van der Waals surface area contributed by atoms with E-state index in [4.69, 9.17) is 0 Å². The van der Waals surface area contributed by atoms with E-state index < -0.39 is 0 Å². The van der Waals surface area contributed by atoms with Crippen molar-refractivity contribution in [2.75, 3.05) is 13.1 Å². The zero-order valence-corrected chi connectivity index (χ0v) is 10.3. The van der Waals surface area contributed by atoms with Gasteiger partial charge in [-0.15, -0.1) is 0 Å². The summed E-state index contributed by atoms with van der Waals surface area (Å²) in [6.45, 7) is 3.58. The first kappa shape index (κ1) is 12.1. The first-order chi connectivity index (χ1) is 8.12. The molecule has 3 nitrogen and oxygen atoms in total. The average Bonchev–Trinajstić information content (AvgIpc) is 2.33. The summed E-state index contributed by atoms with van der Waals surface area (Å²) in [5, 5.41) is 3.15. The third-order valence-electron chi connectivity index (χ3n) is 3.55. The molecule has 0 bridgehead atoms. The van der Waals surface area contributed by atoms with Crippen LogP contribution in [0.15, 0.2) is 30.3 Å². The van der Waals surface area contributed by atoms with Gasteiger partial charge in [-0.25, -0.2) is 0 Å². The van der Waals surface area contributed by atoms with Crippen LogP contribution in [-0.4, -0.2) is 19.0 Å². The molecule has 17 heavy (non-hydrogen) atoms. The summed E-state index contributed by atoms with van der Waals surface area (Å²) >= 11 is 0. The number of quaternary nitrogens is 1. The van der Waals surface area contributed by atoms with Crippen LogP contribution in [0.5, 0.6) is 0 Å². The van der Waals surface area contributed by atoms with Crippen LogP contribution in [0.3, 0.4) is 0 Å². The predicted octanol–water partition coefficient (Wildman–Crippen LogP) is 0.488. The van der Waals surface area contributed by atoms with Crippen molar-refractivity contribution in [3.8, 4) is 0 Å². The minimum atomic E-state index is -0.186. The van der Waals surface area contributed by atoms with Crippen molar-refractivity contribution >= 4 is 5.91 Å². The zero-order chi connectivity index (χ0) is 12.3. The third kappa shape index (κ3) is 2.67. The molecule has 2 rings (SSSR count). The quantitative estimate of drug-likeness (QED) is 0.715. The van der Waals surface area contributed by atoms with E-state index in [2.05, 4.69) is 24.5 Å². The Hall–Kier alpha value is -1.35. The maximum absolute atomic E-state index is 11.4. The molecule has 0 unspecified atom stereocenters. The van der Waals surface area contributed by atoms with Crippen LogP contribution in [0, 0.1) is 7.05 Å². The van der Waals surface area contributed by atoms with Gasteiger partial charge >= 0.3 is 0 Å². The molecule has 1 saturated heterocycles. The van der Waals surface area contributed by atoms with Crippen molar-refractivity contribution in [3.63, 3.8) is 0 Å². The highest BCUT2D eigenvalue weighted by Gasteiger charge is 2.36. The fourth-order valence-electron chi connectivity index (χ4n) is 2.61. The lowest BCUT2D eigenvalue weighted by Crippen LogP contribution is -3.08. The van der Waals surface area contributed by atoms with Gasteiger partial charge in [0.05, 0.1) is 18.6 Å². The van der Waals surface area contributed by atoms with E-state index in [1.807, 2.05) is 18.2 Å². The molecule has 1 aliphatic rings. The maximum Gasteiger partial charge on any atom is 0.217 e. The van der Waals surface area contributed by atoms with Crippen LogP contribution in [0.2, 0.25) is 0 Å². The van der Waals surface area contributed by atoms with Crippen LogP contribution < -0.4 is 10.2 Å². The van der Waals surface area contributed by atoms with Gasteiger partial charge in [-0.05, 0) is 5.56 Å². The van der Waals surface area contributed by atoms with Crippen molar-refractivity contribution in [3.05, 3.63) is 42.9 Å². The second kappa shape index (κ2) is 4.88. The SMILES string of the molecule is [CH2-][NH+]1CCC(NC(C)=O)(c2ccccc2)CC1. The number of carbonyl (C=O) groups excluding carboxylic acids is 1. The van der Waals surface area contributed by atoms with E-state index in [9.17, 15) is 4.79 Å². The van der Waals surface area contributed by atoms with Gasteiger partial charge < -0.3 is 10.2 Å². The molecule has 1 heterocycles. The Morgan fingerprint density at radius 2 is 1.88 bits per heavy atom. The van der Waals surface area contributed by atoms with Crippen molar-refractivity contribution in [2.24, 2.45) is 0 Å². The summed E-state index contributed by atoms with van der Waals surface area (Å²) in [4.78, 5) is 12.7. The number of likely N-dealkylation sites (tertiary alicyclic amines) is 1. The van der Waals surface area contributed by atoms with Gasteiger partial charge in [0.15, 0.2) is 0 Å². The highest BCUT2D eigenvalue weighted by Crippen LogP contribution is 2.29. The minimum Gasteiger partial charge on any atom is -0.468 e. The van der Waals surface area contributed by atoms with Crippen molar-refractivity contribution < 1.29 is 9.69 Å². The Labute approximate surface area is 103 Å². The summed E-state index contributed by atoms with van der Waals surface area (Å²) in [5.41, 5.74) is 1.02. The number of carbonyl (C=O) groups is 1. The smallest absolute Gasteiger partial charge is 0.217 e. The molecule has 92 valence electrons. The predicted molar refractivity (Wildman–Crippen MR) is 67.2 cm³/mol. The molecule has 0 saturated carbocycles. The van der Waals surface area contributed by atoms with Gasteiger partial charge in [-0.2, -0.15) is 7.05 Å². The van der Waals surface area contributed by atoms with Gasteiger partial charge in [-0.3, -0.25) is 4.79 Å². The van der Waals surface area contributed by atoms with Gasteiger partial charge in [0.25, 0.3) is 0 Å². The fraction of sp³-hybridized carbons (Fsp3) is 0.429. The minimum absolute atomic E-state index is 0.0429. The normalized spacial score (nSPS) is 28.7. The maximum atomic E-state index is 11.4. The standard InChI is InChI=1S/C14H20N2O/c1-12(17)15-14(8-10-16(2)11-9-14)13-6-4-3-5-7-13/h3-7,16H,2,8-11H2,1H3,(H,15,17). The lowest BCUT2D eigenvalue weighted by atomic mass is 9.81. The van der Waals surface area contributed by atoms with Crippen LogP contribution in [0.1, 0.15) is 25.3 Å². The van der Waals surface area contributed by atoms with E-state index >= 15 is 0 Å². The summed E-state index contributed by atoms with van der Waals surface area (Å²) in [5.74, 6) is 0.0429. The van der Waals surface area contributed by atoms with Gasteiger partial charge in [0.2, 0.25) is 5.91 Å². The Morgan fingerprint density at radius 1 is 1.29 bits per heavy atom. The molecular formula is C14H20N2O. The molecule has 1 aliphatic heterocycles. The number of benzene rings is 1. The highest BCUT2D eigenvalue weighted by molar-refractivity contribution is 5.74. The van der Waals surface area contributed by atoms with Crippen molar-refractivity contribution in [2.45, 2.75) is 25.3 Å². The monoisotopic (exact) mass is 232 g/mol. The molecule has 1 aromatic carbocycles. The lowest BCUT2D eigenvalue weighted by molar-refractivity contribution is -0.861. The summed E-state index contributed by atoms with van der Waals surface area (Å²) < 4.78 is 0. The molecule has 0 aromatic heterocycles. The second-order valence-electron chi connectivity index (χ2n) is 4.88. The van der Waals surface area contributed by atoms with Crippen molar-refractivity contribution in [1.29, 1.82) is 0 Å². The van der Waals surface area contributed by atoms with Crippen LogP contribution in [-0.2, 0) is 10.3 Å². The fourth-order valence-corrected chi connectivity index (χ4v) is 2.61.